The molecule has 6 nitrogen and oxygen atoms in total. The van der Waals surface area contributed by atoms with Gasteiger partial charge in [0, 0.05) is 18.7 Å². The largest absolute Gasteiger partial charge is 0.497 e. The smallest absolute Gasteiger partial charge is 0.227 e. The molecule has 3 rings (SSSR count). The first-order chi connectivity index (χ1) is 13.1. The van der Waals surface area contributed by atoms with Gasteiger partial charge in [0.15, 0.2) is 0 Å². The van der Waals surface area contributed by atoms with Gasteiger partial charge in [-0.05, 0) is 42.5 Å². The molecule has 1 atom stereocenters. The van der Waals surface area contributed by atoms with Gasteiger partial charge in [0.05, 0.1) is 19.6 Å². The minimum atomic E-state index is -0.457. The minimum Gasteiger partial charge on any atom is -0.497 e. The molecule has 27 heavy (non-hydrogen) atoms. The Kier molecular flexibility index (Phi) is 5.90. The first-order valence-corrected chi connectivity index (χ1v) is 8.67. The maximum atomic E-state index is 13.4. The highest BCUT2D eigenvalue weighted by Gasteiger charge is 2.35. The van der Waals surface area contributed by atoms with E-state index in [2.05, 4.69) is 5.32 Å². The number of nitrogens with zero attached hydrogens (tertiary/aromatic N) is 1. The van der Waals surface area contributed by atoms with Crippen molar-refractivity contribution in [2.24, 2.45) is 5.92 Å². The molecule has 0 aliphatic carbocycles. The molecule has 1 aliphatic rings. The fraction of sp³-hybridized carbons (Fsp3) is 0.300. The predicted molar refractivity (Wildman–Crippen MR) is 98.4 cm³/mol. The fourth-order valence-corrected chi connectivity index (χ4v) is 2.94. The number of amides is 2. The van der Waals surface area contributed by atoms with Gasteiger partial charge in [-0.25, -0.2) is 4.39 Å². The Balaban J connectivity index is 1.45. The molecule has 0 bridgehead atoms. The monoisotopic (exact) mass is 372 g/mol. The quantitative estimate of drug-likeness (QED) is 0.758. The lowest BCUT2D eigenvalue weighted by molar-refractivity contribution is -0.126. The number of halogens is 1. The lowest BCUT2D eigenvalue weighted by Gasteiger charge is -2.16. The molecule has 7 heteroatoms. The van der Waals surface area contributed by atoms with Gasteiger partial charge in [0.25, 0.3) is 0 Å². The number of ether oxygens (including phenoxy) is 2. The van der Waals surface area contributed by atoms with Gasteiger partial charge in [-0.2, -0.15) is 0 Å². The normalized spacial score (nSPS) is 16.3. The molecule has 0 aromatic heterocycles. The maximum Gasteiger partial charge on any atom is 0.227 e. The standard InChI is InChI=1S/C20H21FN2O4/c1-26-17-5-7-18(8-6-17)27-10-9-22-20(25)14-11-19(24)23(13-14)16-4-2-3-15(21)12-16/h2-8,12,14H,9-11,13H2,1H3,(H,22,25). The third-order valence-corrected chi connectivity index (χ3v) is 4.35. The van der Waals surface area contributed by atoms with Crippen molar-refractivity contribution in [2.45, 2.75) is 6.42 Å². The predicted octanol–water partition coefficient (Wildman–Crippen LogP) is 2.38. The summed E-state index contributed by atoms with van der Waals surface area (Å²) in [7, 11) is 1.59. The number of carbonyl (C=O) groups excluding carboxylic acids is 2. The maximum absolute atomic E-state index is 13.4. The molecule has 142 valence electrons. The Bertz CT molecular complexity index is 810. The van der Waals surface area contributed by atoms with Crippen LogP contribution in [0.4, 0.5) is 10.1 Å². The van der Waals surface area contributed by atoms with E-state index < -0.39 is 11.7 Å². The van der Waals surface area contributed by atoms with Crippen LogP contribution in [0.15, 0.2) is 48.5 Å². The Morgan fingerprint density at radius 2 is 1.96 bits per heavy atom. The van der Waals surface area contributed by atoms with Gasteiger partial charge in [-0.3, -0.25) is 9.59 Å². The van der Waals surface area contributed by atoms with Crippen LogP contribution in [0.3, 0.4) is 0 Å². The summed E-state index contributed by atoms with van der Waals surface area (Å²) >= 11 is 0. The molecule has 2 amide bonds. The molecular weight excluding hydrogens is 351 g/mol. The van der Waals surface area contributed by atoms with Crippen molar-refractivity contribution in [2.75, 3.05) is 31.7 Å². The zero-order valence-corrected chi connectivity index (χ0v) is 15.0. The number of benzene rings is 2. The molecule has 0 radical (unpaired) electrons. The van der Waals surface area contributed by atoms with Crippen LogP contribution >= 0.6 is 0 Å². The number of anilines is 1. The molecule has 1 unspecified atom stereocenters. The summed E-state index contributed by atoms with van der Waals surface area (Å²) in [5.74, 6) is 0.157. The van der Waals surface area contributed by atoms with Crippen LogP contribution in [0.5, 0.6) is 11.5 Å². The average molecular weight is 372 g/mol. The molecule has 1 heterocycles. The molecular formula is C20H21FN2O4. The van der Waals surface area contributed by atoms with E-state index in [4.69, 9.17) is 9.47 Å². The topological polar surface area (TPSA) is 67.9 Å². The van der Waals surface area contributed by atoms with Crippen LogP contribution < -0.4 is 19.7 Å². The molecule has 2 aromatic carbocycles. The SMILES string of the molecule is COc1ccc(OCCNC(=O)C2CC(=O)N(c3cccc(F)c3)C2)cc1. The van der Waals surface area contributed by atoms with Gasteiger partial charge in [0.2, 0.25) is 11.8 Å². The highest BCUT2D eigenvalue weighted by molar-refractivity contribution is 6.00. The van der Waals surface area contributed by atoms with Crippen molar-refractivity contribution >= 4 is 17.5 Å². The first-order valence-electron chi connectivity index (χ1n) is 8.67. The van der Waals surface area contributed by atoms with Crippen molar-refractivity contribution < 1.29 is 23.5 Å². The summed E-state index contributed by atoms with van der Waals surface area (Å²) in [6, 6.07) is 13.0. The molecule has 0 spiro atoms. The highest BCUT2D eigenvalue weighted by atomic mass is 19.1. The average Bonchev–Trinajstić information content (AvgIpc) is 3.07. The van der Waals surface area contributed by atoms with Crippen molar-refractivity contribution in [3.05, 3.63) is 54.3 Å². The van der Waals surface area contributed by atoms with E-state index in [-0.39, 0.29) is 24.8 Å². The zero-order valence-electron chi connectivity index (χ0n) is 15.0. The molecule has 1 N–H and O–H groups in total. The summed E-state index contributed by atoms with van der Waals surface area (Å²) in [6.45, 7) is 0.884. The van der Waals surface area contributed by atoms with Gasteiger partial charge in [-0.1, -0.05) is 6.07 Å². The third-order valence-electron chi connectivity index (χ3n) is 4.35. The van der Waals surface area contributed by atoms with Gasteiger partial charge in [0.1, 0.15) is 23.9 Å². The Hall–Kier alpha value is -3.09. The summed E-state index contributed by atoms with van der Waals surface area (Å²) in [5, 5.41) is 2.78. The van der Waals surface area contributed by atoms with Crippen LogP contribution in [0.2, 0.25) is 0 Å². The van der Waals surface area contributed by atoms with E-state index >= 15 is 0 Å². The third kappa shape index (κ3) is 4.75. The van der Waals surface area contributed by atoms with Crippen molar-refractivity contribution in [3.8, 4) is 11.5 Å². The van der Waals surface area contributed by atoms with Gasteiger partial charge in [-0.15, -0.1) is 0 Å². The summed E-state index contributed by atoms with van der Waals surface area (Å²) in [6.07, 6.45) is 0.113. The van der Waals surface area contributed by atoms with E-state index in [0.29, 0.717) is 24.6 Å². The Labute approximate surface area is 156 Å². The van der Waals surface area contributed by atoms with Crippen LogP contribution in [0.1, 0.15) is 6.42 Å². The summed E-state index contributed by atoms with van der Waals surface area (Å²) in [5.41, 5.74) is 0.470. The van der Waals surface area contributed by atoms with E-state index in [1.807, 2.05) is 0 Å². The van der Waals surface area contributed by atoms with Gasteiger partial charge < -0.3 is 19.7 Å². The number of nitrogens with one attached hydrogen (secondary N) is 1. The number of carbonyl (C=O) groups is 2. The number of methoxy groups -OCH3 is 1. The molecule has 1 saturated heterocycles. The van der Waals surface area contributed by atoms with Crippen LogP contribution in [-0.4, -0.2) is 38.6 Å². The lowest BCUT2D eigenvalue weighted by Crippen LogP contribution is -2.35. The van der Waals surface area contributed by atoms with Crippen molar-refractivity contribution in [1.82, 2.24) is 5.32 Å². The molecule has 2 aromatic rings. The second-order valence-corrected chi connectivity index (χ2v) is 6.20. The lowest BCUT2D eigenvalue weighted by atomic mass is 10.1. The van der Waals surface area contributed by atoms with Crippen molar-refractivity contribution in [3.63, 3.8) is 0 Å². The number of rotatable bonds is 7. The first kappa shape index (κ1) is 18.7. The fourth-order valence-electron chi connectivity index (χ4n) is 2.94. The summed E-state index contributed by atoms with van der Waals surface area (Å²) in [4.78, 5) is 25.9. The zero-order chi connectivity index (χ0) is 19.2. The minimum absolute atomic E-state index is 0.113. The van der Waals surface area contributed by atoms with Crippen LogP contribution in [0, 0.1) is 11.7 Å². The number of hydrogen-bond acceptors (Lipinski definition) is 4. The summed E-state index contributed by atoms with van der Waals surface area (Å²) < 4.78 is 24.0. The van der Waals surface area contributed by atoms with E-state index in [1.165, 1.54) is 17.0 Å². The Morgan fingerprint density at radius 3 is 2.67 bits per heavy atom. The molecule has 1 fully saturated rings. The second kappa shape index (κ2) is 8.53. The van der Waals surface area contributed by atoms with E-state index in [1.54, 1.807) is 43.5 Å². The van der Waals surface area contributed by atoms with Crippen molar-refractivity contribution in [1.29, 1.82) is 0 Å². The molecule has 1 aliphatic heterocycles. The van der Waals surface area contributed by atoms with Crippen LogP contribution in [-0.2, 0) is 9.59 Å². The highest BCUT2D eigenvalue weighted by Crippen LogP contribution is 2.25. The molecule has 0 saturated carbocycles. The van der Waals surface area contributed by atoms with Crippen LogP contribution in [0.25, 0.3) is 0 Å². The van der Waals surface area contributed by atoms with E-state index in [0.717, 1.165) is 5.75 Å². The van der Waals surface area contributed by atoms with Gasteiger partial charge >= 0.3 is 0 Å². The Morgan fingerprint density at radius 1 is 1.22 bits per heavy atom. The van der Waals surface area contributed by atoms with E-state index in [9.17, 15) is 14.0 Å². The second-order valence-electron chi connectivity index (χ2n) is 6.20. The number of hydrogen-bond donors (Lipinski definition) is 1.